The summed E-state index contributed by atoms with van der Waals surface area (Å²) < 4.78 is 0. The highest BCUT2D eigenvalue weighted by Gasteiger charge is 2.20. The fourth-order valence-electron chi connectivity index (χ4n) is 2.78. The summed E-state index contributed by atoms with van der Waals surface area (Å²) in [4.78, 5) is 4.66. The zero-order chi connectivity index (χ0) is 13.9. The predicted octanol–water partition coefficient (Wildman–Crippen LogP) is 4.31. The average Bonchev–Trinajstić information content (AvgIpc) is 2.95. The maximum absolute atomic E-state index is 10.1. The van der Waals surface area contributed by atoms with Crippen LogP contribution < -0.4 is 0 Å². The van der Waals surface area contributed by atoms with Crippen molar-refractivity contribution in [3.05, 3.63) is 16.1 Å². The van der Waals surface area contributed by atoms with Crippen molar-refractivity contribution in [3.8, 4) is 0 Å². The third-order valence-corrected chi connectivity index (χ3v) is 4.98. The molecule has 0 aromatic carbocycles. The first-order chi connectivity index (χ1) is 8.95. The Bertz CT molecular complexity index is 388. The fourth-order valence-corrected chi connectivity index (χ4v) is 3.87. The van der Waals surface area contributed by atoms with Crippen LogP contribution in [0, 0.1) is 5.92 Å². The first kappa shape index (κ1) is 15.0. The van der Waals surface area contributed by atoms with Gasteiger partial charge in [-0.05, 0) is 18.8 Å². The van der Waals surface area contributed by atoms with Gasteiger partial charge in [-0.25, -0.2) is 4.98 Å². The molecular weight excluding hydrogens is 254 g/mol. The number of rotatable bonds is 5. The van der Waals surface area contributed by atoms with Gasteiger partial charge in [-0.2, -0.15) is 0 Å². The normalized spacial score (nSPS) is 18.9. The number of nitrogens with zero attached hydrogens (tertiary/aromatic N) is 1. The monoisotopic (exact) mass is 281 g/mol. The van der Waals surface area contributed by atoms with Gasteiger partial charge in [-0.1, -0.05) is 46.5 Å². The first-order valence-corrected chi connectivity index (χ1v) is 8.46. The molecule has 1 aliphatic carbocycles. The van der Waals surface area contributed by atoms with E-state index in [0.29, 0.717) is 0 Å². The van der Waals surface area contributed by atoms with E-state index in [1.807, 2.05) is 0 Å². The summed E-state index contributed by atoms with van der Waals surface area (Å²) in [6.45, 7) is 6.55. The lowest BCUT2D eigenvalue weighted by atomic mass is 9.93. The summed E-state index contributed by atoms with van der Waals surface area (Å²) in [6, 6.07) is 0. The van der Waals surface area contributed by atoms with Crippen LogP contribution in [0.1, 0.15) is 70.0 Å². The number of aromatic nitrogens is 1. The van der Waals surface area contributed by atoms with Crippen LogP contribution in [0.25, 0.3) is 0 Å². The summed E-state index contributed by atoms with van der Waals surface area (Å²) in [7, 11) is 0. The lowest BCUT2D eigenvalue weighted by Gasteiger charge is -2.15. The number of aliphatic hydroxyl groups is 1. The van der Waals surface area contributed by atoms with Crippen molar-refractivity contribution in [2.24, 2.45) is 5.92 Å². The summed E-state index contributed by atoms with van der Waals surface area (Å²) >= 11 is 1.69. The molecule has 1 unspecified atom stereocenters. The molecule has 0 aliphatic heterocycles. The van der Waals surface area contributed by atoms with Crippen LogP contribution >= 0.6 is 11.3 Å². The van der Waals surface area contributed by atoms with E-state index in [0.717, 1.165) is 29.5 Å². The van der Waals surface area contributed by atoms with E-state index in [2.05, 4.69) is 31.1 Å². The number of aliphatic hydroxyl groups excluding tert-OH is 1. The van der Waals surface area contributed by atoms with Crippen molar-refractivity contribution in [1.82, 2.24) is 4.98 Å². The molecule has 1 atom stereocenters. The Morgan fingerprint density at radius 3 is 2.63 bits per heavy atom. The average molecular weight is 281 g/mol. The lowest BCUT2D eigenvalue weighted by molar-refractivity contribution is 0.154. The second-order valence-electron chi connectivity index (χ2n) is 6.96. The van der Waals surface area contributed by atoms with Crippen LogP contribution in [0.5, 0.6) is 0 Å². The van der Waals surface area contributed by atoms with E-state index < -0.39 is 0 Å². The predicted molar refractivity (Wildman–Crippen MR) is 81.7 cm³/mol. The summed E-state index contributed by atoms with van der Waals surface area (Å²) in [6.07, 6.45) is 8.18. The molecule has 2 nitrogen and oxygen atoms in total. The molecule has 1 heterocycles. The molecule has 1 aliphatic rings. The molecule has 0 radical (unpaired) electrons. The van der Waals surface area contributed by atoms with Crippen LogP contribution in [0.4, 0.5) is 0 Å². The van der Waals surface area contributed by atoms with Gasteiger partial charge in [-0.15, -0.1) is 11.3 Å². The largest absolute Gasteiger partial charge is 0.393 e. The molecule has 1 N–H and O–H groups in total. The molecular formula is C16H27NOS. The van der Waals surface area contributed by atoms with Crippen molar-refractivity contribution in [3.63, 3.8) is 0 Å². The van der Waals surface area contributed by atoms with Crippen LogP contribution in [0.2, 0.25) is 0 Å². The minimum Gasteiger partial charge on any atom is -0.393 e. The maximum Gasteiger partial charge on any atom is 0.0954 e. The molecule has 0 amide bonds. The van der Waals surface area contributed by atoms with Crippen LogP contribution in [-0.4, -0.2) is 16.2 Å². The number of hydrogen-bond donors (Lipinski definition) is 1. The standard InChI is InChI=1S/C16H27NOS/c1-16(2,3)14-11-19-15(17-14)10-13(18)9-8-12-6-4-5-7-12/h11-13,18H,4-10H2,1-3H3. The molecule has 108 valence electrons. The third-order valence-electron chi connectivity index (χ3n) is 4.11. The second kappa shape index (κ2) is 6.36. The molecule has 0 bridgehead atoms. The van der Waals surface area contributed by atoms with E-state index in [-0.39, 0.29) is 11.5 Å². The molecule has 0 spiro atoms. The van der Waals surface area contributed by atoms with E-state index in [4.69, 9.17) is 0 Å². The summed E-state index contributed by atoms with van der Waals surface area (Å²) in [5.74, 6) is 0.871. The van der Waals surface area contributed by atoms with E-state index in [1.165, 1.54) is 32.1 Å². The molecule has 1 aromatic heterocycles. The lowest BCUT2D eigenvalue weighted by Crippen LogP contribution is -2.14. The van der Waals surface area contributed by atoms with E-state index >= 15 is 0 Å². The van der Waals surface area contributed by atoms with Gasteiger partial charge in [-0.3, -0.25) is 0 Å². The van der Waals surface area contributed by atoms with Gasteiger partial charge in [0.25, 0.3) is 0 Å². The van der Waals surface area contributed by atoms with Crippen LogP contribution in [0.3, 0.4) is 0 Å². The van der Waals surface area contributed by atoms with Gasteiger partial charge in [0.05, 0.1) is 16.8 Å². The van der Waals surface area contributed by atoms with E-state index in [1.54, 1.807) is 11.3 Å². The minimum atomic E-state index is -0.209. The number of thiazole rings is 1. The van der Waals surface area contributed by atoms with E-state index in [9.17, 15) is 5.11 Å². The molecule has 1 fully saturated rings. The third kappa shape index (κ3) is 4.57. The van der Waals surface area contributed by atoms with Crippen molar-refractivity contribution < 1.29 is 5.11 Å². The van der Waals surface area contributed by atoms with Gasteiger partial charge in [0.2, 0.25) is 0 Å². The molecule has 1 aromatic rings. The topological polar surface area (TPSA) is 33.1 Å². The Morgan fingerprint density at radius 1 is 1.37 bits per heavy atom. The Hall–Kier alpha value is -0.410. The molecule has 1 saturated carbocycles. The smallest absolute Gasteiger partial charge is 0.0954 e. The minimum absolute atomic E-state index is 0.115. The molecule has 3 heteroatoms. The Balaban J connectivity index is 1.78. The Morgan fingerprint density at radius 2 is 2.05 bits per heavy atom. The summed E-state index contributed by atoms with van der Waals surface area (Å²) in [5, 5.41) is 13.4. The van der Waals surface area contributed by atoms with Gasteiger partial charge in [0, 0.05) is 17.2 Å². The fraction of sp³-hybridized carbons (Fsp3) is 0.812. The first-order valence-electron chi connectivity index (χ1n) is 7.58. The highest BCUT2D eigenvalue weighted by atomic mass is 32.1. The highest BCUT2D eigenvalue weighted by molar-refractivity contribution is 7.09. The van der Waals surface area contributed by atoms with Gasteiger partial charge in [0.1, 0.15) is 0 Å². The Kier molecular flexibility index (Phi) is 5.02. The zero-order valence-electron chi connectivity index (χ0n) is 12.5. The van der Waals surface area contributed by atoms with Crippen molar-refractivity contribution >= 4 is 11.3 Å². The quantitative estimate of drug-likeness (QED) is 0.872. The Labute approximate surface area is 121 Å². The van der Waals surface area contributed by atoms with Crippen molar-refractivity contribution in [2.75, 3.05) is 0 Å². The molecule has 0 saturated heterocycles. The second-order valence-corrected chi connectivity index (χ2v) is 7.90. The van der Waals surface area contributed by atoms with Crippen molar-refractivity contribution in [2.45, 2.75) is 77.2 Å². The SMILES string of the molecule is CC(C)(C)c1csc(CC(O)CCC2CCCC2)n1. The number of hydrogen-bond acceptors (Lipinski definition) is 3. The van der Waals surface area contributed by atoms with Crippen LogP contribution in [-0.2, 0) is 11.8 Å². The highest BCUT2D eigenvalue weighted by Crippen LogP contribution is 2.30. The van der Waals surface area contributed by atoms with Gasteiger partial charge >= 0.3 is 0 Å². The van der Waals surface area contributed by atoms with Gasteiger partial charge in [0.15, 0.2) is 0 Å². The van der Waals surface area contributed by atoms with Crippen LogP contribution in [0.15, 0.2) is 5.38 Å². The molecule has 19 heavy (non-hydrogen) atoms. The summed E-state index contributed by atoms with van der Waals surface area (Å²) in [5.41, 5.74) is 1.26. The van der Waals surface area contributed by atoms with Crippen molar-refractivity contribution in [1.29, 1.82) is 0 Å². The maximum atomic E-state index is 10.1. The zero-order valence-corrected chi connectivity index (χ0v) is 13.3. The molecule has 2 rings (SSSR count). The van der Waals surface area contributed by atoms with Gasteiger partial charge < -0.3 is 5.11 Å².